The summed E-state index contributed by atoms with van der Waals surface area (Å²) in [5.41, 5.74) is -0.721. The third kappa shape index (κ3) is 3.16. The van der Waals surface area contributed by atoms with Crippen LogP contribution in [0.3, 0.4) is 0 Å². The van der Waals surface area contributed by atoms with Gasteiger partial charge in [0.05, 0.1) is 24.4 Å². The molecule has 0 saturated heterocycles. The van der Waals surface area contributed by atoms with E-state index >= 15 is 0 Å². The van der Waals surface area contributed by atoms with Gasteiger partial charge >= 0.3 is 5.97 Å². The van der Waals surface area contributed by atoms with Gasteiger partial charge < -0.3 is 25.5 Å². The molecule has 5 N–H and O–H groups in total. The SMILES string of the molecule is C[C@H](CCC(=O)O)[C@H]1CC[C@H]2[C@@H]3[C@H](O)C[C@@H]4C[C@H](O)CC(O)[C@]4(C)[C@H]3C[C@H](O)[C@]12C. The third-order valence-electron chi connectivity index (χ3n) is 10.4. The van der Waals surface area contributed by atoms with Gasteiger partial charge in [0, 0.05) is 6.42 Å². The molecule has 0 heterocycles. The van der Waals surface area contributed by atoms with Crippen LogP contribution >= 0.6 is 0 Å². The lowest BCUT2D eigenvalue weighted by Gasteiger charge is -2.64. The number of fused-ring (bicyclic) bond motifs is 5. The predicted octanol–water partition coefficient (Wildman–Crippen LogP) is 2.42. The van der Waals surface area contributed by atoms with Gasteiger partial charge in [-0.15, -0.1) is 0 Å². The first-order chi connectivity index (χ1) is 14.0. The molecule has 4 rings (SSSR count). The molecule has 0 aromatic heterocycles. The van der Waals surface area contributed by atoms with Crippen molar-refractivity contribution >= 4 is 5.97 Å². The molecule has 0 aromatic carbocycles. The molecule has 0 aromatic rings. The summed E-state index contributed by atoms with van der Waals surface area (Å²) in [4.78, 5) is 11.1. The van der Waals surface area contributed by atoms with E-state index in [1.807, 2.05) is 0 Å². The average molecular weight is 425 g/mol. The number of carbonyl (C=O) groups is 1. The molecule has 0 amide bonds. The van der Waals surface area contributed by atoms with E-state index in [4.69, 9.17) is 5.11 Å². The lowest BCUT2D eigenvalue weighted by molar-refractivity contribution is -0.234. The first-order valence-electron chi connectivity index (χ1n) is 11.9. The highest BCUT2D eigenvalue weighted by atomic mass is 16.4. The second kappa shape index (κ2) is 7.72. The number of aliphatic hydroxyl groups excluding tert-OH is 4. The fraction of sp³-hybridized carbons (Fsp3) is 0.958. The molecule has 4 aliphatic carbocycles. The minimum Gasteiger partial charge on any atom is -0.481 e. The van der Waals surface area contributed by atoms with E-state index in [0.717, 1.165) is 12.8 Å². The Morgan fingerprint density at radius 2 is 1.60 bits per heavy atom. The van der Waals surface area contributed by atoms with Gasteiger partial charge in [-0.1, -0.05) is 20.8 Å². The van der Waals surface area contributed by atoms with E-state index in [-0.39, 0.29) is 47.3 Å². The highest BCUT2D eigenvalue weighted by Gasteiger charge is 2.67. The Labute approximate surface area is 179 Å². The molecule has 30 heavy (non-hydrogen) atoms. The molecule has 0 bridgehead atoms. The Bertz CT molecular complexity index is 668. The molecule has 4 fully saturated rings. The van der Waals surface area contributed by atoms with Crippen molar-refractivity contribution in [2.24, 2.45) is 46.3 Å². The van der Waals surface area contributed by atoms with Crippen LogP contribution in [-0.4, -0.2) is 55.9 Å². The molecular formula is C24H40O6. The second-order valence-corrected chi connectivity index (χ2v) is 11.5. The van der Waals surface area contributed by atoms with E-state index in [9.17, 15) is 25.2 Å². The Balaban J connectivity index is 1.63. The fourth-order valence-corrected chi connectivity index (χ4v) is 8.76. The summed E-state index contributed by atoms with van der Waals surface area (Å²) in [5.74, 6) is -0.00131. The first-order valence-corrected chi connectivity index (χ1v) is 11.9. The van der Waals surface area contributed by atoms with Crippen LogP contribution in [0.1, 0.15) is 72.1 Å². The molecule has 6 nitrogen and oxygen atoms in total. The van der Waals surface area contributed by atoms with Crippen LogP contribution in [0.15, 0.2) is 0 Å². The van der Waals surface area contributed by atoms with Crippen LogP contribution in [0.5, 0.6) is 0 Å². The maximum atomic E-state index is 11.5. The minimum absolute atomic E-state index is 0.0369. The molecular weight excluding hydrogens is 384 g/mol. The van der Waals surface area contributed by atoms with E-state index in [0.29, 0.717) is 32.1 Å². The lowest BCUT2D eigenvalue weighted by Crippen LogP contribution is -2.65. The second-order valence-electron chi connectivity index (χ2n) is 11.5. The van der Waals surface area contributed by atoms with Gasteiger partial charge in [0.1, 0.15) is 0 Å². The van der Waals surface area contributed by atoms with Crippen LogP contribution in [-0.2, 0) is 4.79 Å². The van der Waals surface area contributed by atoms with Crippen LogP contribution in [0.2, 0.25) is 0 Å². The standard InChI is InChI=1S/C24H40O6/c1-12(4-7-21(29)30)15-5-6-16-22-17(11-20(28)24(15,16)3)23(2)13(9-18(22)26)8-14(25)10-19(23)27/h12-20,22,25-28H,4-11H2,1-3H3,(H,29,30)/t12-,13+,14+,15-,16+,17+,18-,19?,20+,22+,23+,24-/m1/s1. The van der Waals surface area contributed by atoms with Gasteiger partial charge in [-0.2, -0.15) is 0 Å². The van der Waals surface area contributed by atoms with E-state index in [1.54, 1.807) is 0 Å². The summed E-state index contributed by atoms with van der Waals surface area (Å²) in [7, 11) is 0. The third-order valence-corrected chi connectivity index (χ3v) is 10.4. The Morgan fingerprint density at radius 3 is 2.27 bits per heavy atom. The van der Waals surface area contributed by atoms with Gasteiger partial charge in [-0.3, -0.25) is 4.79 Å². The number of hydrogen-bond donors (Lipinski definition) is 5. The summed E-state index contributed by atoms with van der Waals surface area (Å²) in [6, 6.07) is 0. The number of rotatable bonds is 4. The number of hydrogen-bond acceptors (Lipinski definition) is 5. The zero-order valence-corrected chi connectivity index (χ0v) is 18.6. The topological polar surface area (TPSA) is 118 Å². The van der Waals surface area contributed by atoms with Crippen LogP contribution in [0.4, 0.5) is 0 Å². The minimum atomic E-state index is -0.777. The molecule has 172 valence electrons. The first kappa shape index (κ1) is 22.5. The van der Waals surface area contributed by atoms with Crippen molar-refractivity contribution in [3.8, 4) is 0 Å². The van der Waals surface area contributed by atoms with Gasteiger partial charge in [0.15, 0.2) is 0 Å². The Hall–Kier alpha value is -0.690. The highest BCUT2D eigenvalue weighted by molar-refractivity contribution is 5.66. The smallest absolute Gasteiger partial charge is 0.303 e. The van der Waals surface area contributed by atoms with Crippen LogP contribution in [0, 0.1) is 46.3 Å². The van der Waals surface area contributed by atoms with Gasteiger partial charge in [-0.05, 0) is 91.3 Å². The van der Waals surface area contributed by atoms with Crippen molar-refractivity contribution < 1.29 is 30.3 Å². The highest BCUT2D eigenvalue weighted by Crippen LogP contribution is 2.68. The molecule has 0 radical (unpaired) electrons. The van der Waals surface area contributed by atoms with E-state index in [1.165, 1.54) is 0 Å². The molecule has 0 aliphatic heterocycles. The molecule has 4 saturated carbocycles. The molecule has 12 atom stereocenters. The predicted molar refractivity (Wildman–Crippen MR) is 111 cm³/mol. The summed E-state index contributed by atoms with van der Waals surface area (Å²) in [6.45, 7) is 6.39. The summed E-state index contributed by atoms with van der Waals surface area (Å²) < 4.78 is 0. The molecule has 1 unspecified atom stereocenters. The average Bonchev–Trinajstić information content (AvgIpc) is 3.01. The van der Waals surface area contributed by atoms with Crippen molar-refractivity contribution in [2.75, 3.05) is 0 Å². The van der Waals surface area contributed by atoms with Crippen molar-refractivity contribution in [3.05, 3.63) is 0 Å². The normalized spacial score (nSPS) is 54.0. The summed E-state index contributed by atoms with van der Waals surface area (Å²) in [5, 5.41) is 53.1. The maximum absolute atomic E-state index is 11.5. The Morgan fingerprint density at radius 1 is 0.933 bits per heavy atom. The van der Waals surface area contributed by atoms with Crippen LogP contribution in [0.25, 0.3) is 0 Å². The van der Waals surface area contributed by atoms with Crippen molar-refractivity contribution in [3.63, 3.8) is 0 Å². The van der Waals surface area contributed by atoms with Crippen molar-refractivity contribution in [2.45, 2.75) is 96.6 Å². The summed E-state index contributed by atoms with van der Waals surface area (Å²) >= 11 is 0. The zero-order chi connectivity index (χ0) is 22.0. The number of carboxylic acid groups (broad SMARTS) is 1. The Kier molecular flexibility index (Phi) is 5.79. The zero-order valence-electron chi connectivity index (χ0n) is 18.6. The number of aliphatic carboxylic acids is 1. The number of aliphatic hydroxyl groups is 4. The molecule has 6 heteroatoms. The quantitative estimate of drug-likeness (QED) is 0.473. The molecule has 4 aliphatic rings. The van der Waals surface area contributed by atoms with Gasteiger partial charge in [0.25, 0.3) is 0 Å². The summed E-state index contributed by atoms with van der Waals surface area (Å²) in [6.07, 6.45) is 2.68. The molecule has 0 spiro atoms. The monoisotopic (exact) mass is 424 g/mol. The van der Waals surface area contributed by atoms with Crippen molar-refractivity contribution in [1.29, 1.82) is 0 Å². The van der Waals surface area contributed by atoms with Gasteiger partial charge in [-0.25, -0.2) is 0 Å². The fourth-order valence-electron chi connectivity index (χ4n) is 8.76. The van der Waals surface area contributed by atoms with Gasteiger partial charge in [0.2, 0.25) is 0 Å². The maximum Gasteiger partial charge on any atom is 0.303 e. The largest absolute Gasteiger partial charge is 0.481 e. The number of carboxylic acids is 1. The van der Waals surface area contributed by atoms with E-state index < -0.39 is 35.8 Å². The van der Waals surface area contributed by atoms with E-state index in [2.05, 4.69) is 20.8 Å². The lowest BCUT2D eigenvalue weighted by atomic mass is 9.42. The van der Waals surface area contributed by atoms with Crippen molar-refractivity contribution in [1.82, 2.24) is 0 Å². The van der Waals surface area contributed by atoms with Crippen LogP contribution < -0.4 is 0 Å².